The topological polar surface area (TPSA) is 37.0 Å². The predicted octanol–water partition coefficient (Wildman–Crippen LogP) is 3.91. The lowest BCUT2D eigenvalue weighted by molar-refractivity contribution is 0.590. The minimum atomic E-state index is 0.168. The van der Waals surface area contributed by atoms with E-state index in [9.17, 15) is 0 Å². The highest BCUT2D eigenvalue weighted by Gasteiger charge is 2.12. The van der Waals surface area contributed by atoms with Gasteiger partial charge in [-0.15, -0.1) is 0 Å². The van der Waals surface area contributed by atoms with Gasteiger partial charge in [-0.3, -0.25) is 4.98 Å². The van der Waals surface area contributed by atoms with Gasteiger partial charge in [-0.2, -0.15) is 0 Å². The molecule has 0 atom stereocenters. The molecule has 0 radical (unpaired) electrons. The number of nitrogens with one attached hydrogen (secondary N) is 2. The maximum atomic E-state index is 5.32. The lowest BCUT2D eigenvalue weighted by Gasteiger charge is -2.19. The highest BCUT2D eigenvalue weighted by atomic mass is 32.1. The third kappa shape index (κ3) is 5.11. The van der Waals surface area contributed by atoms with Crippen LogP contribution in [0.5, 0.6) is 0 Å². The van der Waals surface area contributed by atoms with E-state index < -0.39 is 0 Å². The van der Waals surface area contributed by atoms with Crippen LogP contribution in [0.3, 0.4) is 0 Å². The fourth-order valence-electron chi connectivity index (χ4n) is 2.10. The molecule has 2 N–H and O–H groups in total. The van der Waals surface area contributed by atoms with E-state index in [0.29, 0.717) is 5.11 Å². The normalized spacial score (nSPS) is 11.0. The molecule has 0 saturated heterocycles. The summed E-state index contributed by atoms with van der Waals surface area (Å²) in [5, 5.41) is 7.09. The Labute approximate surface area is 138 Å². The molecule has 3 nitrogen and oxygen atoms in total. The van der Waals surface area contributed by atoms with Crippen molar-refractivity contribution in [3.05, 3.63) is 59.9 Å². The van der Waals surface area contributed by atoms with E-state index in [0.717, 1.165) is 18.7 Å². The number of aromatic nitrogens is 1. The van der Waals surface area contributed by atoms with Gasteiger partial charge in [-0.1, -0.05) is 32.9 Å². The summed E-state index contributed by atoms with van der Waals surface area (Å²) < 4.78 is 0. The molecule has 2 aromatic rings. The predicted molar refractivity (Wildman–Crippen MR) is 97.3 cm³/mol. The van der Waals surface area contributed by atoms with Crippen LogP contribution >= 0.6 is 12.2 Å². The molecular formula is C18H23N3S. The lowest BCUT2D eigenvalue weighted by atomic mass is 9.87. The molecule has 116 valence electrons. The van der Waals surface area contributed by atoms with Crippen LogP contribution in [-0.4, -0.2) is 16.6 Å². The van der Waals surface area contributed by atoms with Crippen molar-refractivity contribution in [3.63, 3.8) is 0 Å². The molecular weight excluding hydrogens is 290 g/mol. The second kappa shape index (κ2) is 7.36. The van der Waals surface area contributed by atoms with Gasteiger partial charge >= 0.3 is 0 Å². The Morgan fingerprint density at radius 3 is 2.27 bits per heavy atom. The second-order valence-electron chi connectivity index (χ2n) is 6.31. The van der Waals surface area contributed by atoms with Crippen molar-refractivity contribution >= 4 is 23.0 Å². The van der Waals surface area contributed by atoms with Crippen molar-refractivity contribution < 1.29 is 0 Å². The lowest BCUT2D eigenvalue weighted by Crippen LogP contribution is -2.30. The van der Waals surface area contributed by atoms with Gasteiger partial charge in [0.05, 0.1) is 0 Å². The first kappa shape index (κ1) is 16.4. The molecule has 22 heavy (non-hydrogen) atoms. The summed E-state index contributed by atoms with van der Waals surface area (Å²) in [6.07, 6.45) is 4.54. The van der Waals surface area contributed by atoms with Crippen LogP contribution < -0.4 is 10.6 Å². The minimum absolute atomic E-state index is 0.168. The smallest absolute Gasteiger partial charge is 0.170 e. The molecule has 0 amide bonds. The van der Waals surface area contributed by atoms with Gasteiger partial charge in [0.25, 0.3) is 0 Å². The molecule has 0 aliphatic carbocycles. The third-order valence-electron chi connectivity index (χ3n) is 3.46. The summed E-state index contributed by atoms with van der Waals surface area (Å²) in [6, 6.07) is 12.4. The molecule has 0 saturated carbocycles. The van der Waals surface area contributed by atoms with E-state index in [1.54, 1.807) is 0 Å². The number of thiocarbonyl (C=S) groups is 1. The Kier molecular flexibility index (Phi) is 5.50. The van der Waals surface area contributed by atoms with Crippen LogP contribution in [0.15, 0.2) is 48.8 Å². The van der Waals surface area contributed by atoms with E-state index >= 15 is 0 Å². The van der Waals surface area contributed by atoms with Crippen molar-refractivity contribution in [1.29, 1.82) is 0 Å². The number of hydrogen-bond acceptors (Lipinski definition) is 2. The summed E-state index contributed by atoms with van der Waals surface area (Å²) in [5.41, 5.74) is 3.74. The first-order valence-electron chi connectivity index (χ1n) is 7.49. The third-order valence-corrected chi connectivity index (χ3v) is 3.70. The van der Waals surface area contributed by atoms with Gasteiger partial charge in [0, 0.05) is 24.6 Å². The number of pyridine rings is 1. The molecule has 0 aliphatic rings. The maximum Gasteiger partial charge on any atom is 0.170 e. The van der Waals surface area contributed by atoms with E-state index in [4.69, 9.17) is 12.2 Å². The average Bonchev–Trinajstić information content (AvgIpc) is 2.48. The zero-order valence-electron chi connectivity index (χ0n) is 13.4. The molecule has 0 fully saturated rings. The first-order chi connectivity index (χ1) is 10.4. The standard InChI is InChI=1S/C18H23N3S/c1-18(2,3)15-4-6-16(7-5-15)21-17(22)20-13-10-14-8-11-19-12-9-14/h4-9,11-12H,10,13H2,1-3H3,(H2,20,21,22). The Morgan fingerprint density at radius 1 is 1.05 bits per heavy atom. The van der Waals surface area contributed by atoms with Crippen LogP contribution in [0.4, 0.5) is 5.69 Å². The zero-order valence-corrected chi connectivity index (χ0v) is 14.2. The molecule has 0 bridgehead atoms. The van der Waals surface area contributed by atoms with Gasteiger partial charge in [0.1, 0.15) is 0 Å². The van der Waals surface area contributed by atoms with Crippen molar-refractivity contribution in [1.82, 2.24) is 10.3 Å². The zero-order chi connectivity index (χ0) is 16.0. The minimum Gasteiger partial charge on any atom is -0.362 e. The monoisotopic (exact) mass is 313 g/mol. The molecule has 0 unspecified atom stereocenters. The average molecular weight is 313 g/mol. The summed E-state index contributed by atoms with van der Waals surface area (Å²) in [7, 11) is 0. The van der Waals surface area contributed by atoms with Crippen LogP contribution in [0.25, 0.3) is 0 Å². The number of rotatable bonds is 4. The van der Waals surface area contributed by atoms with Crippen LogP contribution in [0.2, 0.25) is 0 Å². The fraction of sp³-hybridized carbons (Fsp3) is 0.333. The Hall–Kier alpha value is -1.94. The largest absolute Gasteiger partial charge is 0.362 e. The quantitative estimate of drug-likeness (QED) is 0.839. The second-order valence-corrected chi connectivity index (χ2v) is 6.72. The van der Waals surface area contributed by atoms with Gasteiger partial charge in [-0.25, -0.2) is 0 Å². The van der Waals surface area contributed by atoms with Gasteiger partial charge in [0.15, 0.2) is 5.11 Å². The number of anilines is 1. The number of hydrogen-bond donors (Lipinski definition) is 2. The van der Waals surface area contributed by atoms with E-state index in [1.807, 2.05) is 24.5 Å². The highest BCUT2D eigenvalue weighted by molar-refractivity contribution is 7.80. The van der Waals surface area contributed by atoms with Crippen molar-refractivity contribution in [3.8, 4) is 0 Å². The van der Waals surface area contributed by atoms with Crippen LogP contribution in [0, 0.1) is 0 Å². The SMILES string of the molecule is CC(C)(C)c1ccc(NC(=S)NCCc2ccncc2)cc1. The molecule has 0 aliphatic heterocycles. The maximum absolute atomic E-state index is 5.32. The van der Waals surface area contributed by atoms with Gasteiger partial charge < -0.3 is 10.6 Å². The molecule has 2 rings (SSSR count). The molecule has 1 aromatic carbocycles. The van der Waals surface area contributed by atoms with Crippen LogP contribution in [-0.2, 0) is 11.8 Å². The first-order valence-corrected chi connectivity index (χ1v) is 7.90. The van der Waals surface area contributed by atoms with Gasteiger partial charge in [0.2, 0.25) is 0 Å². The Balaban J connectivity index is 1.79. The molecule has 1 aromatic heterocycles. The van der Waals surface area contributed by atoms with Crippen molar-refractivity contribution in [2.45, 2.75) is 32.6 Å². The molecule has 0 spiro atoms. The highest BCUT2D eigenvalue weighted by Crippen LogP contribution is 2.23. The van der Waals surface area contributed by atoms with E-state index in [-0.39, 0.29) is 5.41 Å². The summed E-state index contributed by atoms with van der Waals surface area (Å²) in [6.45, 7) is 7.43. The van der Waals surface area contributed by atoms with E-state index in [2.05, 4.69) is 60.7 Å². The summed E-state index contributed by atoms with van der Waals surface area (Å²) in [4.78, 5) is 4.01. The summed E-state index contributed by atoms with van der Waals surface area (Å²) >= 11 is 5.32. The summed E-state index contributed by atoms with van der Waals surface area (Å²) in [5.74, 6) is 0. The Morgan fingerprint density at radius 2 is 1.68 bits per heavy atom. The molecule has 4 heteroatoms. The number of benzene rings is 1. The van der Waals surface area contributed by atoms with Crippen molar-refractivity contribution in [2.24, 2.45) is 0 Å². The van der Waals surface area contributed by atoms with Gasteiger partial charge in [-0.05, 0) is 59.4 Å². The fourth-order valence-corrected chi connectivity index (χ4v) is 2.32. The van der Waals surface area contributed by atoms with Crippen molar-refractivity contribution in [2.75, 3.05) is 11.9 Å². The number of nitrogens with zero attached hydrogens (tertiary/aromatic N) is 1. The Bertz CT molecular complexity index is 600. The van der Waals surface area contributed by atoms with E-state index in [1.165, 1.54) is 11.1 Å². The van der Waals surface area contributed by atoms with Crippen LogP contribution in [0.1, 0.15) is 31.9 Å². The molecule has 1 heterocycles.